The van der Waals surface area contributed by atoms with E-state index in [1.807, 2.05) is 0 Å². The second-order valence-corrected chi connectivity index (χ2v) is 4.81. The third-order valence-corrected chi connectivity index (χ3v) is 3.27. The van der Waals surface area contributed by atoms with Gasteiger partial charge in [-0.3, -0.25) is 9.59 Å². The number of nitrogens with zero attached hydrogens (tertiary/aromatic N) is 1. The quantitative estimate of drug-likeness (QED) is 0.777. The van der Waals surface area contributed by atoms with Gasteiger partial charge in [-0.1, -0.05) is 0 Å². The average molecular weight is 297 g/mol. The van der Waals surface area contributed by atoms with Gasteiger partial charge in [0.2, 0.25) is 0 Å². The minimum atomic E-state index is -0.805. The summed E-state index contributed by atoms with van der Waals surface area (Å²) in [5.74, 6) is -2.66. The molecule has 1 aromatic rings. The first-order valence-corrected chi connectivity index (χ1v) is 6.79. The molecule has 0 bridgehead atoms. The van der Waals surface area contributed by atoms with Gasteiger partial charge in [0, 0.05) is 31.7 Å². The normalized spacial score (nSPS) is 15.4. The van der Waals surface area contributed by atoms with Gasteiger partial charge in [0.05, 0.1) is 0 Å². The molecule has 2 N–H and O–H groups in total. The Bertz CT molecular complexity index is 529. The minimum Gasteiger partial charge on any atom is -0.344 e. The molecule has 1 aromatic carbocycles. The number of halogens is 2. The van der Waals surface area contributed by atoms with Crippen molar-refractivity contribution in [2.45, 2.75) is 13.0 Å². The number of rotatable bonds is 2. The molecule has 7 heteroatoms. The van der Waals surface area contributed by atoms with E-state index in [0.717, 1.165) is 31.2 Å². The molecule has 5 nitrogen and oxygen atoms in total. The van der Waals surface area contributed by atoms with Gasteiger partial charge in [-0.05, 0) is 31.2 Å². The zero-order chi connectivity index (χ0) is 15.2. The van der Waals surface area contributed by atoms with Crippen LogP contribution in [-0.4, -0.2) is 42.9 Å². The zero-order valence-corrected chi connectivity index (χ0v) is 11.5. The van der Waals surface area contributed by atoms with Crippen molar-refractivity contribution in [3.05, 3.63) is 35.4 Å². The van der Waals surface area contributed by atoms with Crippen molar-refractivity contribution in [1.29, 1.82) is 0 Å². The van der Waals surface area contributed by atoms with E-state index in [1.165, 1.54) is 4.90 Å². The maximum absolute atomic E-state index is 13.4. The first kappa shape index (κ1) is 15.4. The first-order chi connectivity index (χ1) is 10.1. The monoisotopic (exact) mass is 297 g/mol. The van der Waals surface area contributed by atoms with Gasteiger partial charge in [0.15, 0.2) is 0 Å². The van der Waals surface area contributed by atoms with Crippen LogP contribution in [0, 0.1) is 11.6 Å². The molecule has 0 atom stereocenters. The van der Waals surface area contributed by atoms with Gasteiger partial charge < -0.3 is 15.5 Å². The number of nitrogens with one attached hydrogen (secondary N) is 2. The molecule has 114 valence electrons. The third-order valence-electron chi connectivity index (χ3n) is 3.27. The number of hydrogen-bond donors (Lipinski definition) is 2. The minimum absolute atomic E-state index is 0.00804. The molecular formula is C14H17F2N3O2. The summed E-state index contributed by atoms with van der Waals surface area (Å²) in [5, 5.41) is 5.45. The Balaban J connectivity index is 1.91. The Labute approximate surface area is 121 Å². The van der Waals surface area contributed by atoms with Gasteiger partial charge >= 0.3 is 11.8 Å². The second kappa shape index (κ2) is 7.12. The van der Waals surface area contributed by atoms with Gasteiger partial charge in [-0.15, -0.1) is 0 Å². The number of hydrogen-bond acceptors (Lipinski definition) is 3. The number of benzene rings is 1. The summed E-state index contributed by atoms with van der Waals surface area (Å²) < 4.78 is 26.4. The summed E-state index contributed by atoms with van der Waals surface area (Å²) in [4.78, 5) is 25.2. The molecule has 21 heavy (non-hydrogen) atoms. The van der Waals surface area contributed by atoms with Crippen LogP contribution in [0.1, 0.15) is 12.0 Å². The maximum atomic E-state index is 13.4. The SMILES string of the molecule is O=C(NCc1cc(F)ccc1F)C(=O)N1CCCNCC1. The van der Waals surface area contributed by atoms with E-state index in [0.29, 0.717) is 19.6 Å². The molecule has 2 amide bonds. The smallest absolute Gasteiger partial charge is 0.311 e. The van der Waals surface area contributed by atoms with Crippen LogP contribution in [0.3, 0.4) is 0 Å². The Hall–Kier alpha value is -2.02. The van der Waals surface area contributed by atoms with Gasteiger partial charge in [0.1, 0.15) is 11.6 Å². The van der Waals surface area contributed by atoms with Crippen molar-refractivity contribution in [3.63, 3.8) is 0 Å². The van der Waals surface area contributed by atoms with Crippen molar-refractivity contribution >= 4 is 11.8 Å². The van der Waals surface area contributed by atoms with Crippen LogP contribution in [0.2, 0.25) is 0 Å². The van der Waals surface area contributed by atoms with E-state index in [4.69, 9.17) is 0 Å². The fourth-order valence-electron chi connectivity index (χ4n) is 2.12. The highest BCUT2D eigenvalue weighted by atomic mass is 19.1. The molecule has 1 heterocycles. The van der Waals surface area contributed by atoms with E-state index in [2.05, 4.69) is 10.6 Å². The lowest BCUT2D eigenvalue weighted by Gasteiger charge is -2.19. The van der Waals surface area contributed by atoms with E-state index >= 15 is 0 Å². The summed E-state index contributed by atoms with van der Waals surface area (Å²) >= 11 is 0. The van der Waals surface area contributed by atoms with Crippen LogP contribution >= 0.6 is 0 Å². The predicted octanol–water partition coefficient (Wildman–Crippen LogP) is 0.403. The number of carbonyl (C=O) groups excluding carboxylic acids is 2. The largest absolute Gasteiger partial charge is 0.344 e. The first-order valence-electron chi connectivity index (χ1n) is 6.79. The molecule has 0 radical (unpaired) electrons. The molecule has 0 unspecified atom stereocenters. The number of carbonyl (C=O) groups is 2. The highest BCUT2D eigenvalue weighted by molar-refractivity contribution is 6.34. The van der Waals surface area contributed by atoms with Crippen molar-refractivity contribution in [2.24, 2.45) is 0 Å². The lowest BCUT2D eigenvalue weighted by Crippen LogP contribution is -2.44. The average Bonchev–Trinajstić information content (AvgIpc) is 2.76. The zero-order valence-electron chi connectivity index (χ0n) is 11.5. The van der Waals surface area contributed by atoms with Crippen LogP contribution in [0.25, 0.3) is 0 Å². The van der Waals surface area contributed by atoms with Crippen molar-refractivity contribution in [3.8, 4) is 0 Å². The highest BCUT2D eigenvalue weighted by Crippen LogP contribution is 2.09. The van der Waals surface area contributed by atoms with Crippen molar-refractivity contribution < 1.29 is 18.4 Å². The van der Waals surface area contributed by atoms with Gasteiger partial charge in [-0.2, -0.15) is 0 Å². The number of amides is 2. The molecular weight excluding hydrogens is 280 g/mol. The Morgan fingerprint density at radius 2 is 2.05 bits per heavy atom. The van der Waals surface area contributed by atoms with Crippen LogP contribution in [0.4, 0.5) is 8.78 Å². The molecule has 2 rings (SSSR count). The standard InChI is InChI=1S/C14H17F2N3O2/c15-11-2-3-12(16)10(8-11)9-18-13(20)14(21)19-6-1-4-17-5-7-19/h2-3,8,17H,1,4-7,9H2,(H,18,20). The molecule has 0 aromatic heterocycles. The second-order valence-electron chi connectivity index (χ2n) is 4.81. The van der Waals surface area contributed by atoms with E-state index in [-0.39, 0.29) is 12.1 Å². The molecule has 1 fully saturated rings. The molecule has 0 saturated carbocycles. The molecule has 0 aliphatic carbocycles. The third kappa shape index (κ3) is 4.22. The van der Waals surface area contributed by atoms with E-state index in [9.17, 15) is 18.4 Å². The van der Waals surface area contributed by atoms with Gasteiger partial charge in [0.25, 0.3) is 0 Å². The molecule has 1 saturated heterocycles. The Morgan fingerprint density at radius 1 is 1.24 bits per heavy atom. The van der Waals surface area contributed by atoms with Crippen LogP contribution in [-0.2, 0) is 16.1 Å². The van der Waals surface area contributed by atoms with Gasteiger partial charge in [-0.25, -0.2) is 8.78 Å². The van der Waals surface area contributed by atoms with Crippen molar-refractivity contribution in [1.82, 2.24) is 15.5 Å². The van der Waals surface area contributed by atoms with Crippen LogP contribution in [0.15, 0.2) is 18.2 Å². The Kier molecular flexibility index (Phi) is 5.21. The van der Waals surface area contributed by atoms with E-state index in [1.54, 1.807) is 0 Å². The highest BCUT2D eigenvalue weighted by Gasteiger charge is 2.22. The lowest BCUT2D eigenvalue weighted by atomic mass is 10.2. The summed E-state index contributed by atoms with van der Waals surface area (Å²) in [7, 11) is 0. The molecule has 1 aliphatic heterocycles. The maximum Gasteiger partial charge on any atom is 0.311 e. The molecule has 0 spiro atoms. The van der Waals surface area contributed by atoms with Crippen molar-refractivity contribution in [2.75, 3.05) is 26.2 Å². The fourth-order valence-corrected chi connectivity index (χ4v) is 2.12. The molecule has 1 aliphatic rings. The van der Waals surface area contributed by atoms with E-state index < -0.39 is 23.4 Å². The summed E-state index contributed by atoms with van der Waals surface area (Å²) in [6.07, 6.45) is 0.775. The Morgan fingerprint density at radius 3 is 2.86 bits per heavy atom. The van der Waals surface area contributed by atoms with Crippen LogP contribution in [0.5, 0.6) is 0 Å². The predicted molar refractivity (Wildman–Crippen MR) is 72.3 cm³/mol. The fraction of sp³-hybridized carbons (Fsp3) is 0.429. The van der Waals surface area contributed by atoms with Crippen LogP contribution < -0.4 is 10.6 Å². The lowest BCUT2D eigenvalue weighted by molar-refractivity contribution is -0.145. The summed E-state index contributed by atoms with van der Waals surface area (Å²) in [5.41, 5.74) is 0.00804. The summed E-state index contributed by atoms with van der Waals surface area (Å²) in [6, 6.07) is 2.98. The summed E-state index contributed by atoms with van der Waals surface area (Å²) in [6.45, 7) is 2.19. The topological polar surface area (TPSA) is 61.4 Å².